The van der Waals surface area contributed by atoms with Crippen LogP contribution in [0.4, 0.5) is 4.79 Å². The van der Waals surface area contributed by atoms with Gasteiger partial charge >= 0.3 is 12.0 Å². The van der Waals surface area contributed by atoms with Gasteiger partial charge in [0.05, 0.1) is 5.92 Å². The minimum Gasteiger partial charge on any atom is -0.481 e. The summed E-state index contributed by atoms with van der Waals surface area (Å²) in [6, 6.07) is 8.05. The molecule has 114 valence electrons. The van der Waals surface area contributed by atoms with Crippen molar-refractivity contribution in [3.05, 3.63) is 35.4 Å². The Morgan fingerprint density at radius 1 is 1.29 bits per heavy atom. The number of carbonyl (C=O) groups excluding carboxylic acids is 1. The zero-order chi connectivity index (χ0) is 15.2. The summed E-state index contributed by atoms with van der Waals surface area (Å²) in [5.41, 5.74) is 2.47. The number of aryl methyl sites for hydroxylation is 1. The molecule has 1 fully saturated rings. The van der Waals surface area contributed by atoms with E-state index in [2.05, 4.69) is 24.4 Å². The van der Waals surface area contributed by atoms with Crippen molar-refractivity contribution >= 4 is 12.0 Å². The largest absolute Gasteiger partial charge is 0.481 e. The lowest BCUT2D eigenvalue weighted by Gasteiger charge is -2.30. The van der Waals surface area contributed by atoms with E-state index < -0.39 is 5.97 Å². The first-order valence-electron chi connectivity index (χ1n) is 7.38. The second-order valence-electron chi connectivity index (χ2n) is 5.51. The van der Waals surface area contributed by atoms with E-state index in [1.807, 2.05) is 12.1 Å². The van der Waals surface area contributed by atoms with Gasteiger partial charge in [-0.15, -0.1) is 0 Å². The molecule has 2 amide bonds. The number of carbonyl (C=O) groups is 2. The molecule has 1 aliphatic heterocycles. The third-order valence-electron chi connectivity index (χ3n) is 4.06. The van der Waals surface area contributed by atoms with Crippen molar-refractivity contribution in [3.63, 3.8) is 0 Å². The van der Waals surface area contributed by atoms with Crippen LogP contribution in [0.2, 0.25) is 0 Å². The van der Waals surface area contributed by atoms with E-state index in [-0.39, 0.29) is 11.9 Å². The molecule has 0 saturated carbocycles. The van der Waals surface area contributed by atoms with E-state index in [1.54, 1.807) is 4.90 Å². The van der Waals surface area contributed by atoms with E-state index >= 15 is 0 Å². The second-order valence-corrected chi connectivity index (χ2v) is 5.51. The molecule has 1 aromatic carbocycles. The first-order valence-corrected chi connectivity index (χ1v) is 7.38. The minimum atomic E-state index is -0.755. The van der Waals surface area contributed by atoms with Crippen LogP contribution in [0, 0.1) is 12.8 Å². The normalized spacial score (nSPS) is 15.8. The fourth-order valence-corrected chi connectivity index (χ4v) is 2.64. The number of nitrogens with zero attached hydrogens (tertiary/aromatic N) is 1. The van der Waals surface area contributed by atoms with Crippen LogP contribution in [-0.2, 0) is 11.2 Å². The van der Waals surface area contributed by atoms with Gasteiger partial charge in [0.2, 0.25) is 0 Å². The number of piperidine rings is 1. The molecule has 0 unspecified atom stereocenters. The summed E-state index contributed by atoms with van der Waals surface area (Å²) in [5.74, 6) is -1.06. The molecule has 0 atom stereocenters. The summed E-state index contributed by atoms with van der Waals surface area (Å²) in [6.45, 7) is 3.71. The SMILES string of the molecule is Cc1ccccc1CCNC(=O)N1CCC(C(=O)O)CC1. The molecule has 21 heavy (non-hydrogen) atoms. The summed E-state index contributed by atoms with van der Waals surface area (Å²) < 4.78 is 0. The average Bonchev–Trinajstić information content (AvgIpc) is 2.49. The third kappa shape index (κ3) is 4.21. The summed E-state index contributed by atoms with van der Waals surface area (Å²) in [7, 11) is 0. The number of amides is 2. The number of rotatable bonds is 4. The van der Waals surface area contributed by atoms with E-state index in [4.69, 9.17) is 5.11 Å². The number of urea groups is 1. The van der Waals surface area contributed by atoms with Crippen molar-refractivity contribution in [2.75, 3.05) is 19.6 Å². The topological polar surface area (TPSA) is 69.6 Å². The standard InChI is InChI=1S/C16H22N2O3/c1-12-4-2-3-5-13(12)6-9-17-16(21)18-10-7-14(8-11-18)15(19)20/h2-5,14H,6-11H2,1H3,(H,17,21)(H,19,20). The Morgan fingerprint density at radius 3 is 2.57 bits per heavy atom. The summed E-state index contributed by atoms with van der Waals surface area (Å²) in [6.07, 6.45) is 1.89. The van der Waals surface area contributed by atoms with Crippen LogP contribution in [0.1, 0.15) is 24.0 Å². The molecular weight excluding hydrogens is 268 g/mol. The lowest BCUT2D eigenvalue weighted by molar-refractivity contribution is -0.143. The van der Waals surface area contributed by atoms with E-state index in [1.165, 1.54) is 11.1 Å². The molecule has 5 heteroatoms. The maximum atomic E-state index is 12.0. The highest BCUT2D eigenvalue weighted by molar-refractivity contribution is 5.75. The van der Waals surface area contributed by atoms with Crippen LogP contribution in [0.25, 0.3) is 0 Å². The van der Waals surface area contributed by atoms with Gasteiger partial charge in [-0.05, 0) is 37.3 Å². The van der Waals surface area contributed by atoms with Gasteiger partial charge in [0.15, 0.2) is 0 Å². The number of nitrogens with one attached hydrogen (secondary N) is 1. The number of carboxylic acids is 1. The second kappa shape index (κ2) is 7.11. The molecule has 0 aliphatic carbocycles. The first kappa shape index (κ1) is 15.4. The Bertz CT molecular complexity index is 508. The van der Waals surface area contributed by atoms with Crippen molar-refractivity contribution in [3.8, 4) is 0 Å². The average molecular weight is 290 g/mol. The number of carboxylic acid groups (broad SMARTS) is 1. The summed E-state index contributed by atoms with van der Waals surface area (Å²) >= 11 is 0. The summed E-state index contributed by atoms with van der Waals surface area (Å²) in [4.78, 5) is 24.6. The van der Waals surface area contributed by atoms with Crippen LogP contribution in [0.3, 0.4) is 0 Å². The predicted molar refractivity (Wildman–Crippen MR) is 80.2 cm³/mol. The Morgan fingerprint density at radius 2 is 1.95 bits per heavy atom. The number of hydrogen-bond donors (Lipinski definition) is 2. The molecule has 2 N–H and O–H groups in total. The van der Waals surface area contributed by atoms with E-state index in [0.717, 1.165) is 6.42 Å². The monoisotopic (exact) mass is 290 g/mol. The number of benzene rings is 1. The van der Waals surface area contributed by atoms with Gasteiger partial charge in [-0.25, -0.2) is 4.79 Å². The smallest absolute Gasteiger partial charge is 0.317 e. The van der Waals surface area contributed by atoms with Crippen LogP contribution in [0.15, 0.2) is 24.3 Å². The first-order chi connectivity index (χ1) is 10.1. The molecule has 0 bridgehead atoms. The Kier molecular flexibility index (Phi) is 5.20. The molecule has 1 aliphatic rings. The van der Waals surface area contributed by atoms with Crippen molar-refractivity contribution in [2.24, 2.45) is 5.92 Å². The van der Waals surface area contributed by atoms with Gasteiger partial charge in [0.25, 0.3) is 0 Å². The van der Waals surface area contributed by atoms with Crippen molar-refractivity contribution in [1.82, 2.24) is 10.2 Å². The zero-order valence-corrected chi connectivity index (χ0v) is 12.3. The minimum absolute atomic E-state index is 0.0903. The Hall–Kier alpha value is -2.04. The van der Waals surface area contributed by atoms with Gasteiger partial charge in [-0.1, -0.05) is 24.3 Å². The molecule has 1 heterocycles. The maximum absolute atomic E-state index is 12.0. The molecule has 1 saturated heterocycles. The third-order valence-corrected chi connectivity index (χ3v) is 4.06. The van der Waals surface area contributed by atoms with Crippen LogP contribution in [-0.4, -0.2) is 41.6 Å². The molecule has 1 aromatic rings. The van der Waals surface area contributed by atoms with Crippen molar-refractivity contribution < 1.29 is 14.7 Å². The van der Waals surface area contributed by atoms with Crippen LogP contribution in [0.5, 0.6) is 0 Å². The number of likely N-dealkylation sites (tertiary alicyclic amines) is 1. The molecule has 2 rings (SSSR count). The fraction of sp³-hybridized carbons (Fsp3) is 0.500. The molecular formula is C16H22N2O3. The summed E-state index contributed by atoms with van der Waals surface area (Å²) in [5, 5.41) is 11.8. The van der Waals surface area contributed by atoms with Crippen molar-refractivity contribution in [2.45, 2.75) is 26.2 Å². The van der Waals surface area contributed by atoms with Gasteiger partial charge in [-0.3, -0.25) is 4.79 Å². The quantitative estimate of drug-likeness (QED) is 0.891. The lowest BCUT2D eigenvalue weighted by Crippen LogP contribution is -2.45. The molecule has 5 nitrogen and oxygen atoms in total. The maximum Gasteiger partial charge on any atom is 0.317 e. The van der Waals surface area contributed by atoms with Gasteiger partial charge < -0.3 is 15.3 Å². The van der Waals surface area contributed by atoms with Crippen molar-refractivity contribution in [1.29, 1.82) is 0 Å². The van der Waals surface area contributed by atoms with E-state index in [0.29, 0.717) is 32.5 Å². The van der Waals surface area contributed by atoms with E-state index in [9.17, 15) is 9.59 Å². The highest BCUT2D eigenvalue weighted by Gasteiger charge is 2.26. The lowest BCUT2D eigenvalue weighted by atomic mass is 9.97. The van der Waals surface area contributed by atoms with Gasteiger partial charge in [0.1, 0.15) is 0 Å². The predicted octanol–water partition coefficient (Wildman–Crippen LogP) is 2.04. The number of aliphatic carboxylic acids is 1. The van der Waals surface area contributed by atoms with Gasteiger partial charge in [-0.2, -0.15) is 0 Å². The molecule has 0 aromatic heterocycles. The molecule has 0 spiro atoms. The molecule has 0 radical (unpaired) electrons. The zero-order valence-electron chi connectivity index (χ0n) is 12.3. The van der Waals surface area contributed by atoms with Crippen LogP contribution >= 0.6 is 0 Å². The highest BCUT2D eigenvalue weighted by atomic mass is 16.4. The highest BCUT2D eigenvalue weighted by Crippen LogP contribution is 2.17. The van der Waals surface area contributed by atoms with Gasteiger partial charge in [0, 0.05) is 19.6 Å². The fourth-order valence-electron chi connectivity index (χ4n) is 2.64. The Labute approximate surface area is 125 Å². The Balaban J connectivity index is 1.73. The van der Waals surface area contributed by atoms with Crippen LogP contribution < -0.4 is 5.32 Å². The number of hydrogen-bond acceptors (Lipinski definition) is 2.